The predicted molar refractivity (Wildman–Crippen MR) is 98.4 cm³/mol. The number of hydrogen-bond acceptors (Lipinski definition) is 4. The summed E-state index contributed by atoms with van der Waals surface area (Å²) in [5.41, 5.74) is 6.12. The van der Waals surface area contributed by atoms with E-state index in [4.69, 9.17) is 0 Å². The van der Waals surface area contributed by atoms with Gasteiger partial charge in [0.05, 0.1) is 17.1 Å². The van der Waals surface area contributed by atoms with Gasteiger partial charge in [-0.3, -0.25) is 5.43 Å². The fourth-order valence-corrected chi connectivity index (χ4v) is 2.76. The Kier molecular flexibility index (Phi) is 5.11. The molecule has 1 N–H and O–H groups in total. The Labute approximate surface area is 142 Å². The molecule has 0 saturated carbocycles. The van der Waals surface area contributed by atoms with Gasteiger partial charge in [0.2, 0.25) is 0 Å². The van der Waals surface area contributed by atoms with E-state index < -0.39 is 0 Å². The summed E-state index contributed by atoms with van der Waals surface area (Å²) < 4.78 is 14.5. The van der Waals surface area contributed by atoms with Gasteiger partial charge in [-0.1, -0.05) is 24.3 Å². The molecular weight excluding hydrogens is 303 g/mol. The highest BCUT2D eigenvalue weighted by atomic mass is 19.1. The van der Waals surface area contributed by atoms with Gasteiger partial charge in [-0.25, -0.2) is 4.39 Å². The van der Waals surface area contributed by atoms with E-state index in [1.165, 1.54) is 0 Å². The van der Waals surface area contributed by atoms with Gasteiger partial charge in [0.25, 0.3) is 0 Å². The number of nitrogens with one attached hydrogen (secondary N) is 1. The molecule has 4 nitrogen and oxygen atoms in total. The molecule has 2 aromatic rings. The topological polar surface area (TPSA) is 30.9 Å². The zero-order chi connectivity index (χ0) is 16.9. The minimum absolute atomic E-state index is 0.189. The summed E-state index contributed by atoms with van der Waals surface area (Å²) in [5.74, 6) is -0.189. The van der Waals surface area contributed by atoms with Gasteiger partial charge in [0.15, 0.2) is 0 Å². The molecule has 0 atom stereocenters. The highest BCUT2D eigenvalue weighted by Crippen LogP contribution is 2.22. The summed E-state index contributed by atoms with van der Waals surface area (Å²) in [6, 6.07) is 15.1. The average Bonchev–Trinajstić information content (AvgIpc) is 2.61. The molecular formula is C19H23FN4. The summed E-state index contributed by atoms with van der Waals surface area (Å²) in [6.07, 6.45) is 0. The van der Waals surface area contributed by atoms with Crippen molar-refractivity contribution in [1.82, 2.24) is 4.90 Å². The molecule has 0 spiro atoms. The smallest absolute Gasteiger partial charge is 0.147 e. The van der Waals surface area contributed by atoms with Crippen molar-refractivity contribution < 1.29 is 4.39 Å². The Morgan fingerprint density at radius 1 is 1.04 bits per heavy atom. The van der Waals surface area contributed by atoms with Crippen LogP contribution < -0.4 is 10.3 Å². The van der Waals surface area contributed by atoms with Crippen LogP contribution in [0.3, 0.4) is 0 Å². The van der Waals surface area contributed by atoms with Crippen LogP contribution in [0.15, 0.2) is 53.6 Å². The second kappa shape index (κ2) is 7.45. The largest absolute Gasteiger partial charge is 0.367 e. The maximum Gasteiger partial charge on any atom is 0.147 e. The first-order valence-electron chi connectivity index (χ1n) is 8.22. The van der Waals surface area contributed by atoms with Crippen LogP contribution >= 0.6 is 0 Å². The van der Waals surface area contributed by atoms with Crippen LogP contribution in [0.1, 0.15) is 12.5 Å². The Bertz CT molecular complexity index is 707. The Morgan fingerprint density at radius 3 is 2.42 bits per heavy atom. The van der Waals surface area contributed by atoms with Gasteiger partial charge in [0, 0.05) is 31.7 Å². The van der Waals surface area contributed by atoms with Crippen LogP contribution in [-0.4, -0.2) is 43.8 Å². The Hall–Kier alpha value is -2.40. The number of rotatable bonds is 4. The van der Waals surface area contributed by atoms with Crippen LogP contribution in [0.5, 0.6) is 0 Å². The second-order valence-corrected chi connectivity index (χ2v) is 6.13. The Balaban J connectivity index is 1.71. The van der Waals surface area contributed by atoms with Crippen LogP contribution in [0.25, 0.3) is 0 Å². The van der Waals surface area contributed by atoms with Crippen molar-refractivity contribution in [2.45, 2.75) is 6.92 Å². The number of halogens is 1. The summed E-state index contributed by atoms with van der Waals surface area (Å²) in [5, 5.41) is 4.34. The van der Waals surface area contributed by atoms with Crippen molar-refractivity contribution in [2.75, 3.05) is 43.6 Å². The van der Waals surface area contributed by atoms with Crippen molar-refractivity contribution >= 4 is 17.1 Å². The molecule has 0 amide bonds. The van der Waals surface area contributed by atoms with Gasteiger partial charge in [-0.05, 0) is 38.2 Å². The van der Waals surface area contributed by atoms with Crippen molar-refractivity contribution in [3.8, 4) is 0 Å². The van der Waals surface area contributed by atoms with E-state index in [9.17, 15) is 4.39 Å². The number of hydrazone groups is 1. The maximum atomic E-state index is 14.5. The SMILES string of the molecule is C/C(=N/Nc1ccccc1)c1ccc(N2CCN(C)CC2)c(F)c1. The van der Waals surface area contributed by atoms with E-state index in [1.807, 2.05) is 49.4 Å². The molecule has 3 rings (SSSR count). The Morgan fingerprint density at radius 2 is 1.75 bits per heavy atom. The first kappa shape index (κ1) is 16.5. The number of likely N-dealkylation sites (N-methyl/N-ethyl adjacent to an activating group) is 1. The lowest BCUT2D eigenvalue weighted by Crippen LogP contribution is -2.44. The predicted octanol–water partition coefficient (Wildman–Crippen LogP) is 3.41. The molecule has 24 heavy (non-hydrogen) atoms. The minimum atomic E-state index is -0.189. The van der Waals surface area contributed by atoms with Gasteiger partial charge in [-0.2, -0.15) is 5.10 Å². The molecule has 5 heteroatoms. The molecule has 1 aliphatic rings. The number of para-hydroxylation sites is 1. The molecule has 0 unspecified atom stereocenters. The third-order valence-corrected chi connectivity index (χ3v) is 4.34. The van der Waals surface area contributed by atoms with E-state index in [2.05, 4.69) is 27.4 Å². The lowest BCUT2D eigenvalue weighted by Gasteiger charge is -2.34. The van der Waals surface area contributed by atoms with Gasteiger partial charge in [-0.15, -0.1) is 0 Å². The number of piperazine rings is 1. The van der Waals surface area contributed by atoms with Gasteiger partial charge >= 0.3 is 0 Å². The van der Waals surface area contributed by atoms with Crippen molar-refractivity contribution in [3.63, 3.8) is 0 Å². The number of hydrogen-bond donors (Lipinski definition) is 1. The van der Waals surface area contributed by atoms with Crippen LogP contribution in [-0.2, 0) is 0 Å². The number of nitrogens with zero attached hydrogens (tertiary/aromatic N) is 3. The molecule has 126 valence electrons. The minimum Gasteiger partial charge on any atom is -0.367 e. The number of benzene rings is 2. The fraction of sp³-hybridized carbons (Fsp3) is 0.316. The van der Waals surface area contributed by atoms with Crippen LogP contribution in [0.4, 0.5) is 15.8 Å². The van der Waals surface area contributed by atoms with Crippen molar-refractivity contribution in [2.24, 2.45) is 5.10 Å². The third kappa shape index (κ3) is 3.92. The van der Waals surface area contributed by atoms with E-state index >= 15 is 0 Å². The highest BCUT2D eigenvalue weighted by molar-refractivity contribution is 5.99. The van der Waals surface area contributed by atoms with E-state index in [0.717, 1.165) is 43.1 Å². The number of anilines is 2. The summed E-state index contributed by atoms with van der Waals surface area (Å²) in [7, 11) is 2.09. The van der Waals surface area contributed by atoms with Crippen LogP contribution in [0.2, 0.25) is 0 Å². The monoisotopic (exact) mass is 326 g/mol. The molecule has 1 aliphatic heterocycles. The molecule has 0 radical (unpaired) electrons. The zero-order valence-electron chi connectivity index (χ0n) is 14.2. The second-order valence-electron chi connectivity index (χ2n) is 6.13. The summed E-state index contributed by atoms with van der Waals surface area (Å²) in [4.78, 5) is 4.36. The third-order valence-electron chi connectivity index (χ3n) is 4.34. The summed E-state index contributed by atoms with van der Waals surface area (Å²) >= 11 is 0. The van der Waals surface area contributed by atoms with Crippen molar-refractivity contribution in [3.05, 3.63) is 59.9 Å². The molecule has 0 aliphatic carbocycles. The lowest BCUT2D eigenvalue weighted by atomic mass is 10.1. The zero-order valence-corrected chi connectivity index (χ0v) is 14.2. The first-order valence-corrected chi connectivity index (χ1v) is 8.22. The highest BCUT2D eigenvalue weighted by Gasteiger charge is 2.17. The normalized spacial score (nSPS) is 16.3. The first-order chi connectivity index (χ1) is 11.6. The van der Waals surface area contributed by atoms with Gasteiger partial charge in [0.1, 0.15) is 5.82 Å². The van der Waals surface area contributed by atoms with Crippen LogP contribution in [0, 0.1) is 5.82 Å². The molecule has 0 bridgehead atoms. The van der Waals surface area contributed by atoms with E-state index in [1.54, 1.807) is 6.07 Å². The lowest BCUT2D eigenvalue weighted by molar-refractivity contribution is 0.311. The molecule has 2 aromatic carbocycles. The molecule has 1 heterocycles. The molecule has 1 saturated heterocycles. The average molecular weight is 326 g/mol. The molecule has 1 fully saturated rings. The van der Waals surface area contributed by atoms with E-state index in [-0.39, 0.29) is 5.82 Å². The fourth-order valence-electron chi connectivity index (χ4n) is 2.76. The quantitative estimate of drug-likeness (QED) is 0.690. The van der Waals surface area contributed by atoms with E-state index in [0.29, 0.717) is 5.69 Å². The maximum absolute atomic E-state index is 14.5. The van der Waals surface area contributed by atoms with Crippen molar-refractivity contribution in [1.29, 1.82) is 0 Å². The molecule has 0 aromatic heterocycles. The standard InChI is InChI=1S/C19H23FN4/c1-15(21-22-17-6-4-3-5-7-17)16-8-9-19(18(20)14-16)24-12-10-23(2)11-13-24/h3-9,14,22H,10-13H2,1-2H3/b21-15-. The summed E-state index contributed by atoms with van der Waals surface area (Å²) in [6.45, 7) is 5.51. The van der Waals surface area contributed by atoms with Gasteiger partial charge < -0.3 is 9.80 Å².